The molecule has 0 aliphatic heterocycles. The van der Waals surface area contributed by atoms with Crippen LogP contribution in [0.3, 0.4) is 0 Å². The Morgan fingerprint density at radius 2 is 1.21 bits per heavy atom. The number of para-hydroxylation sites is 1. The molecular formula is C25H24N3O+. The van der Waals surface area contributed by atoms with Crippen molar-refractivity contribution < 1.29 is 9.22 Å². The van der Waals surface area contributed by atoms with Gasteiger partial charge in [0.15, 0.2) is 5.75 Å². The molecule has 29 heavy (non-hydrogen) atoms. The molecule has 0 saturated carbocycles. The maximum Gasteiger partial charge on any atom is 0.150 e. The van der Waals surface area contributed by atoms with E-state index in [2.05, 4.69) is 54.8 Å². The van der Waals surface area contributed by atoms with Crippen LogP contribution in [0.2, 0.25) is 0 Å². The van der Waals surface area contributed by atoms with Gasteiger partial charge in [0, 0.05) is 35.9 Å². The molecule has 0 fully saturated rings. The minimum atomic E-state index is 0.585. The first-order valence-electron chi connectivity index (χ1n) is 9.42. The first-order chi connectivity index (χ1) is 14.0. The molecule has 0 atom stereocenters. The Bertz CT molecular complexity index is 988. The van der Waals surface area contributed by atoms with Crippen molar-refractivity contribution >= 4 is 0 Å². The number of quaternary nitrogens is 1. The highest BCUT2D eigenvalue weighted by molar-refractivity contribution is 5.59. The lowest BCUT2D eigenvalue weighted by atomic mass is 10.1. The molecule has 3 aromatic rings. The first kappa shape index (κ1) is 20.1. The zero-order valence-electron chi connectivity index (χ0n) is 17.0. The van der Waals surface area contributed by atoms with E-state index in [1.807, 2.05) is 42.5 Å². The number of nitrogens with zero attached hydrogens (tertiary/aromatic N) is 3. The zero-order valence-corrected chi connectivity index (χ0v) is 17.0. The molecule has 0 N–H and O–H groups in total. The van der Waals surface area contributed by atoms with Gasteiger partial charge in [0.25, 0.3) is 0 Å². The van der Waals surface area contributed by atoms with E-state index in [1.54, 1.807) is 24.8 Å². The molecule has 0 radical (unpaired) electrons. The van der Waals surface area contributed by atoms with Crippen LogP contribution in [0.15, 0.2) is 67.3 Å². The summed E-state index contributed by atoms with van der Waals surface area (Å²) in [6, 6.07) is 13.4. The Morgan fingerprint density at radius 3 is 1.66 bits per heavy atom. The number of hydrogen-bond donors (Lipinski definition) is 0. The Hall–Kier alpha value is -3.60. The van der Waals surface area contributed by atoms with Crippen LogP contribution in [0.4, 0.5) is 0 Å². The molecule has 4 heteroatoms. The van der Waals surface area contributed by atoms with E-state index in [1.165, 1.54) is 0 Å². The van der Waals surface area contributed by atoms with Gasteiger partial charge in [-0.15, -0.1) is 0 Å². The molecule has 2 heterocycles. The number of pyridine rings is 2. The topological polar surface area (TPSA) is 35.0 Å². The van der Waals surface area contributed by atoms with Gasteiger partial charge in [0.1, 0.15) is 13.2 Å². The molecule has 144 valence electrons. The van der Waals surface area contributed by atoms with E-state index >= 15 is 0 Å². The number of ether oxygens (including phenoxy) is 1. The summed E-state index contributed by atoms with van der Waals surface area (Å²) in [5.41, 5.74) is 3.46. The third-order valence-electron chi connectivity index (χ3n) is 4.07. The van der Waals surface area contributed by atoms with E-state index in [9.17, 15) is 0 Å². The van der Waals surface area contributed by atoms with Gasteiger partial charge in [0.2, 0.25) is 0 Å². The Labute approximate surface area is 172 Å². The molecule has 0 spiro atoms. The summed E-state index contributed by atoms with van der Waals surface area (Å²) < 4.78 is 7.00. The molecule has 3 rings (SSSR count). The average Bonchev–Trinajstić information content (AvgIpc) is 2.72. The molecule has 4 nitrogen and oxygen atoms in total. The van der Waals surface area contributed by atoms with Gasteiger partial charge in [-0.1, -0.05) is 29.7 Å². The van der Waals surface area contributed by atoms with Crippen molar-refractivity contribution in [3.05, 3.63) is 89.5 Å². The van der Waals surface area contributed by atoms with E-state index in [-0.39, 0.29) is 0 Å². The van der Waals surface area contributed by atoms with Gasteiger partial charge >= 0.3 is 0 Å². The molecule has 2 aromatic heterocycles. The van der Waals surface area contributed by atoms with Gasteiger partial charge in [-0.2, -0.15) is 0 Å². The van der Waals surface area contributed by atoms with Crippen LogP contribution in [0.5, 0.6) is 5.75 Å². The smallest absolute Gasteiger partial charge is 0.150 e. The normalized spacial score (nSPS) is 10.3. The van der Waals surface area contributed by atoms with Gasteiger partial charge in [-0.3, -0.25) is 9.97 Å². The number of aromatic nitrogens is 2. The van der Waals surface area contributed by atoms with Crippen LogP contribution in [0.1, 0.15) is 22.3 Å². The average molecular weight is 382 g/mol. The highest BCUT2D eigenvalue weighted by Gasteiger charge is 2.11. The fourth-order valence-electron chi connectivity index (χ4n) is 2.46. The second kappa shape index (κ2) is 9.55. The van der Waals surface area contributed by atoms with E-state index in [0.717, 1.165) is 39.0 Å². The Balaban J connectivity index is 1.94. The van der Waals surface area contributed by atoms with Crippen LogP contribution in [-0.2, 0) is 0 Å². The summed E-state index contributed by atoms with van der Waals surface area (Å²) in [4.78, 5) is 8.06. The quantitative estimate of drug-likeness (QED) is 0.513. The van der Waals surface area contributed by atoms with Crippen molar-refractivity contribution in [1.82, 2.24) is 9.97 Å². The monoisotopic (exact) mass is 382 g/mol. The molecule has 0 unspecified atom stereocenters. The molecule has 0 bridgehead atoms. The molecule has 0 amide bonds. The lowest BCUT2D eigenvalue weighted by Crippen LogP contribution is -2.38. The number of rotatable bonds is 4. The third kappa shape index (κ3) is 6.50. The van der Waals surface area contributed by atoms with Crippen molar-refractivity contribution in [2.45, 2.75) is 0 Å². The fourth-order valence-corrected chi connectivity index (χ4v) is 2.46. The Kier molecular flexibility index (Phi) is 6.63. The number of likely N-dealkylation sites (N-methyl/N-ethyl adjacent to an activating group) is 1. The van der Waals surface area contributed by atoms with E-state index < -0.39 is 0 Å². The summed E-state index contributed by atoms with van der Waals surface area (Å²) in [6.45, 7) is 1.46. The van der Waals surface area contributed by atoms with E-state index in [0.29, 0.717) is 6.61 Å². The second-order valence-electron chi connectivity index (χ2n) is 7.52. The maximum atomic E-state index is 6.18. The SMILES string of the molecule is C[N+](C)(C)CCOc1c(C#Cc2ccncc2)cccc1C#Cc1ccncc1. The van der Waals surface area contributed by atoms with Crippen LogP contribution in [0.25, 0.3) is 0 Å². The van der Waals surface area contributed by atoms with Crippen LogP contribution in [0, 0.1) is 23.7 Å². The summed E-state index contributed by atoms with van der Waals surface area (Å²) in [7, 11) is 6.42. The molecule has 0 aliphatic carbocycles. The molecule has 1 aromatic carbocycles. The van der Waals surface area contributed by atoms with Gasteiger partial charge in [-0.05, 0) is 36.4 Å². The number of benzene rings is 1. The van der Waals surface area contributed by atoms with Crippen LogP contribution in [-0.4, -0.2) is 48.7 Å². The van der Waals surface area contributed by atoms with Crippen molar-refractivity contribution in [2.75, 3.05) is 34.3 Å². The lowest BCUT2D eigenvalue weighted by Gasteiger charge is -2.24. The first-order valence-corrected chi connectivity index (χ1v) is 9.42. The minimum absolute atomic E-state index is 0.585. The fraction of sp³-hybridized carbons (Fsp3) is 0.200. The zero-order chi connectivity index (χ0) is 20.5. The van der Waals surface area contributed by atoms with Crippen molar-refractivity contribution in [3.8, 4) is 29.4 Å². The summed E-state index contributed by atoms with van der Waals surface area (Å²) in [5.74, 6) is 13.5. The van der Waals surface area contributed by atoms with Gasteiger partial charge < -0.3 is 9.22 Å². The van der Waals surface area contributed by atoms with E-state index in [4.69, 9.17) is 4.74 Å². The van der Waals surface area contributed by atoms with Gasteiger partial charge in [-0.25, -0.2) is 0 Å². The predicted octanol–water partition coefficient (Wildman–Crippen LogP) is 3.36. The Morgan fingerprint density at radius 1 is 0.724 bits per heavy atom. The highest BCUT2D eigenvalue weighted by atomic mass is 16.5. The largest absolute Gasteiger partial charge is 0.485 e. The summed E-state index contributed by atoms with van der Waals surface area (Å²) >= 11 is 0. The third-order valence-corrected chi connectivity index (χ3v) is 4.07. The van der Waals surface area contributed by atoms with Crippen LogP contribution < -0.4 is 4.74 Å². The lowest BCUT2D eigenvalue weighted by molar-refractivity contribution is -0.870. The number of hydrogen-bond acceptors (Lipinski definition) is 3. The van der Waals surface area contributed by atoms with Crippen molar-refractivity contribution in [2.24, 2.45) is 0 Å². The minimum Gasteiger partial charge on any atom is -0.485 e. The van der Waals surface area contributed by atoms with Gasteiger partial charge in [0.05, 0.1) is 32.3 Å². The van der Waals surface area contributed by atoms with Crippen LogP contribution >= 0.6 is 0 Å². The molecule has 0 aliphatic rings. The van der Waals surface area contributed by atoms with Crippen molar-refractivity contribution in [3.63, 3.8) is 0 Å². The maximum absolute atomic E-state index is 6.18. The summed E-state index contributed by atoms with van der Waals surface area (Å²) in [5, 5.41) is 0. The summed E-state index contributed by atoms with van der Waals surface area (Å²) in [6.07, 6.45) is 6.94. The van der Waals surface area contributed by atoms with Crippen molar-refractivity contribution in [1.29, 1.82) is 0 Å². The predicted molar refractivity (Wildman–Crippen MR) is 115 cm³/mol. The molecular weight excluding hydrogens is 358 g/mol. The second-order valence-corrected chi connectivity index (χ2v) is 7.52. The standard InChI is InChI=1S/C25H24N3O/c1-28(2,3)19-20-29-25-23(9-7-21-11-15-26-16-12-21)5-4-6-24(25)10-8-22-13-17-27-18-14-22/h4-6,11-18H,19-20H2,1-3H3/q+1. The molecule has 0 saturated heterocycles. The highest BCUT2D eigenvalue weighted by Crippen LogP contribution is 2.23.